The number of hydroxylamine groups is 1. The number of carbonyl (C=O) groups is 1. The molecule has 23 heavy (non-hydrogen) atoms. The Bertz CT molecular complexity index is 587. The summed E-state index contributed by atoms with van der Waals surface area (Å²) in [5, 5.41) is 4.09. The van der Waals surface area contributed by atoms with E-state index in [0.29, 0.717) is 16.5 Å². The number of amides is 1. The van der Waals surface area contributed by atoms with Crippen molar-refractivity contribution in [1.29, 1.82) is 0 Å². The second kappa shape index (κ2) is 10.3. The van der Waals surface area contributed by atoms with Crippen LogP contribution in [-0.2, 0) is 6.54 Å². The average Bonchev–Trinajstić information content (AvgIpc) is 2.98. The molecule has 1 heterocycles. The van der Waals surface area contributed by atoms with Crippen molar-refractivity contribution in [2.45, 2.75) is 26.8 Å². The number of benzene rings is 1. The summed E-state index contributed by atoms with van der Waals surface area (Å²) in [4.78, 5) is 18.4. The predicted octanol–water partition coefficient (Wildman–Crippen LogP) is 4.03. The number of hydrogen-bond acceptors (Lipinski definition) is 4. The summed E-state index contributed by atoms with van der Waals surface area (Å²) in [6.07, 6.45) is 1.17. The van der Waals surface area contributed by atoms with Gasteiger partial charge in [-0.05, 0) is 43.1 Å². The van der Waals surface area contributed by atoms with Crippen LogP contribution in [0.5, 0.6) is 5.06 Å². The number of rotatable bonds is 8. The number of nitrogens with one attached hydrogen (secondary N) is 2. The molecule has 126 valence electrons. The van der Waals surface area contributed by atoms with Crippen LogP contribution in [0.3, 0.4) is 0 Å². The van der Waals surface area contributed by atoms with E-state index in [2.05, 4.69) is 24.6 Å². The van der Waals surface area contributed by atoms with Crippen molar-refractivity contribution in [3.8, 4) is 5.06 Å². The Morgan fingerprint density at radius 2 is 1.91 bits per heavy atom. The van der Waals surface area contributed by atoms with Crippen LogP contribution in [0.25, 0.3) is 0 Å². The SMILES string of the molecule is CC(C)CCNCc1ccc(ONC(=O)c2ccccc2)s1.Cl. The van der Waals surface area contributed by atoms with Gasteiger partial charge in [-0.15, -0.1) is 12.4 Å². The van der Waals surface area contributed by atoms with E-state index in [1.54, 1.807) is 12.1 Å². The Labute approximate surface area is 147 Å². The van der Waals surface area contributed by atoms with Crippen molar-refractivity contribution in [3.05, 3.63) is 52.9 Å². The molecule has 1 aromatic heterocycles. The maximum Gasteiger partial charge on any atom is 0.283 e. The van der Waals surface area contributed by atoms with Gasteiger partial charge in [0.1, 0.15) is 0 Å². The maximum absolute atomic E-state index is 11.9. The minimum absolute atomic E-state index is 0. The summed E-state index contributed by atoms with van der Waals surface area (Å²) < 4.78 is 0. The lowest BCUT2D eigenvalue weighted by Crippen LogP contribution is -2.26. The van der Waals surface area contributed by atoms with E-state index in [4.69, 9.17) is 4.84 Å². The van der Waals surface area contributed by atoms with E-state index in [0.717, 1.165) is 13.1 Å². The number of carbonyl (C=O) groups excluding carboxylic acids is 1. The van der Waals surface area contributed by atoms with Crippen molar-refractivity contribution in [2.75, 3.05) is 6.54 Å². The van der Waals surface area contributed by atoms with Crippen LogP contribution in [-0.4, -0.2) is 12.5 Å². The minimum Gasteiger partial charge on any atom is -0.368 e. The summed E-state index contributed by atoms with van der Waals surface area (Å²) in [7, 11) is 0. The Balaban J connectivity index is 0.00000264. The van der Waals surface area contributed by atoms with E-state index in [1.165, 1.54) is 22.6 Å². The van der Waals surface area contributed by atoms with Crippen LogP contribution in [0, 0.1) is 5.92 Å². The lowest BCUT2D eigenvalue weighted by molar-refractivity contribution is 0.0767. The number of thiophene rings is 1. The molecular formula is C17H23ClN2O2S. The molecule has 0 saturated carbocycles. The van der Waals surface area contributed by atoms with Gasteiger partial charge in [0.05, 0.1) is 0 Å². The zero-order chi connectivity index (χ0) is 15.8. The van der Waals surface area contributed by atoms with Crippen molar-refractivity contribution in [1.82, 2.24) is 10.8 Å². The first-order valence-electron chi connectivity index (χ1n) is 7.47. The van der Waals surface area contributed by atoms with Gasteiger partial charge in [0.25, 0.3) is 5.91 Å². The number of hydrogen-bond donors (Lipinski definition) is 2. The summed E-state index contributed by atoms with van der Waals surface area (Å²) in [6.45, 7) is 6.27. The first-order valence-corrected chi connectivity index (χ1v) is 8.28. The molecular weight excluding hydrogens is 332 g/mol. The first kappa shape index (κ1) is 19.5. The lowest BCUT2D eigenvalue weighted by atomic mass is 10.1. The van der Waals surface area contributed by atoms with Crippen LogP contribution >= 0.6 is 23.7 Å². The summed E-state index contributed by atoms with van der Waals surface area (Å²) >= 11 is 1.53. The van der Waals surface area contributed by atoms with Gasteiger partial charge in [-0.1, -0.05) is 43.4 Å². The van der Waals surface area contributed by atoms with Crippen LogP contribution in [0.4, 0.5) is 0 Å². The third kappa shape index (κ3) is 7.03. The standard InChI is InChI=1S/C17H22N2O2S.ClH/c1-13(2)10-11-18-12-15-8-9-16(22-15)21-19-17(20)14-6-4-3-5-7-14;/h3-9,13,18H,10-12H2,1-2H3,(H,19,20);1H. The molecule has 0 saturated heterocycles. The Hall–Kier alpha value is -1.56. The highest BCUT2D eigenvalue weighted by Gasteiger charge is 2.06. The molecule has 0 aliphatic heterocycles. The molecule has 0 fully saturated rings. The molecule has 2 aromatic rings. The highest BCUT2D eigenvalue weighted by atomic mass is 35.5. The zero-order valence-electron chi connectivity index (χ0n) is 13.4. The molecule has 1 amide bonds. The second-order valence-electron chi connectivity index (χ2n) is 5.48. The molecule has 0 aliphatic carbocycles. The predicted molar refractivity (Wildman–Crippen MR) is 97.3 cm³/mol. The first-order chi connectivity index (χ1) is 10.6. The molecule has 2 N–H and O–H groups in total. The van der Waals surface area contributed by atoms with Gasteiger partial charge in [0, 0.05) is 17.0 Å². The lowest BCUT2D eigenvalue weighted by Gasteiger charge is -2.05. The molecule has 1 aromatic carbocycles. The van der Waals surface area contributed by atoms with E-state index in [1.807, 2.05) is 30.3 Å². The molecule has 6 heteroatoms. The van der Waals surface area contributed by atoms with Crippen molar-refractivity contribution in [2.24, 2.45) is 5.92 Å². The second-order valence-corrected chi connectivity index (χ2v) is 6.61. The smallest absolute Gasteiger partial charge is 0.283 e. The van der Waals surface area contributed by atoms with Crippen LogP contribution in [0.1, 0.15) is 35.5 Å². The Morgan fingerprint density at radius 3 is 2.61 bits per heavy atom. The molecule has 4 nitrogen and oxygen atoms in total. The molecule has 0 unspecified atom stereocenters. The van der Waals surface area contributed by atoms with E-state index in [9.17, 15) is 4.79 Å². The van der Waals surface area contributed by atoms with Gasteiger partial charge < -0.3 is 10.2 Å². The molecule has 2 rings (SSSR count). The van der Waals surface area contributed by atoms with Gasteiger partial charge in [-0.25, -0.2) is 0 Å². The Morgan fingerprint density at radius 1 is 1.17 bits per heavy atom. The fourth-order valence-corrected chi connectivity index (χ4v) is 2.64. The van der Waals surface area contributed by atoms with Gasteiger partial charge in [0.15, 0.2) is 0 Å². The molecule has 0 bridgehead atoms. The van der Waals surface area contributed by atoms with Crippen molar-refractivity contribution in [3.63, 3.8) is 0 Å². The van der Waals surface area contributed by atoms with E-state index < -0.39 is 0 Å². The fraction of sp³-hybridized carbons (Fsp3) is 0.353. The van der Waals surface area contributed by atoms with Gasteiger partial charge in [0.2, 0.25) is 5.06 Å². The molecule has 0 aliphatic rings. The summed E-state index contributed by atoms with van der Waals surface area (Å²) in [5.74, 6) is 0.466. The normalized spacial score (nSPS) is 10.2. The van der Waals surface area contributed by atoms with E-state index in [-0.39, 0.29) is 18.3 Å². The maximum atomic E-state index is 11.9. The third-order valence-corrected chi connectivity index (χ3v) is 4.08. The average molecular weight is 355 g/mol. The van der Waals surface area contributed by atoms with Gasteiger partial charge in [-0.2, -0.15) is 5.48 Å². The van der Waals surface area contributed by atoms with E-state index >= 15 is 0 Å². The third-order valence-electron chi connectivity index (χ3n) is 3.11. The molecule has 0 spiro atoms. The minimum atomic E-state index is -0.245. The molecule has 0 radical (unpaired) electrons. The Kier molecular flexibility index (Phi) is 8.69. The zero-order valence-corrected chi connectivity index (χ0v) is 15.0. The summed E-state index contributed by atoms with van der Waals surface area (Å²) in [6, 6.07) is 12.9. The highest BCUT2D eigenvalue weighted by Crippen LogP contribution is 2.23. The molecule has 0 atom stereocenters. The number of halogens is 1. The van der Waals surface area contributed by atoms with Crippen molar-refractivity contribution >= 4 is 29.7 Å². The van der Waals surface area contributed by atoms with Crippen LogP contribution < -0.4 is 15.6 Å². The van der Waals surface area contributed by atoms with Gasteiger partial charge in [-0.3, -0.25) is 4.79 Å². The highest BCUT2D eigenvalue weighted by molar-refractivity contribution is 7.13. The van der Waals surface area contributed by atoms with Crippen molar-refractivity contribution < 1.29 is 9.63 Å². The quantitative estimate of drug-likeness (QED) is 0.556. The van der Waals surface area contributed by atoms with Crippen LogP contribution in [0.2, 0.25) is 0 Å². The van der Waals surface area contributed by atoms with Gasteiger partial charge >= 0.3 is 0 Å². The fourth-order valence-electron chi connectivity index (χ4n) is 1.86. The summed E-state index contributed by atoms with van der Waals surface area (Å²) in [5.41, 5.74) is 3.04. The largest absolute Gasteiger partial charge is 0.368 e. The van der Waals surface area contributed by atoms with Crippen LogP contribution in [0.15, 0.2) is 42.5 Å². The monoisotopic (exact) mass is 354 g/mol. The topological polar surface area (TPSA) is 50.4 Å².